The van der Waals surface area contributed by atoms with E-state index in [-0.39, 0.29) is 11.8 Å². The van der Waals surface area contributed by atoms with Crippen molar-refractivity contribution in [1.82, 2.24) is 4.90 Å². The van der Waals surface area contributed by atoms with E-state index in [9.17, 15) is 9.59 Å². The zero-order valence-corrected chi connectivity index (χ0v) is 15.6. The lowest BCUT2D eigenvalue weighted by atomic mass is 10.2. The van der Waals surface area contributed by atoms with Crippen LogP contribution in [0.2, 0.25) is 0 Å². The molecular formula is C21H24N2O4. The highest BCUT2D eigenvalue weighted by Gasteiger charge is 2.20. The summed E-state index contributed by atoms with van der Waals surface area (Å²) in [4.78, 5) is 26.5. The molecule has 2 amide bonds. The minimum Gasteiger partial charge on any atom is -0.497 e. The molecule has 0 saturated carbocycles. The number of nitrogens with zero attached hydrogens (tertiary/aromatic N) is 1. The maximum absolute atomic E-state index is 12.3. The van der Waals surface area contributed by atoms with Crippen molar-refractivity contribution in [2.75, 3.05) is 25.5 Å². The van der Waals surface area contributed by atoms with Gasteiger partial charge >= 0.3 is 0 Å². The first kappa shape index (κ1) is 18.8. The first-order valence-electron chi connectivity index (χ1n) is 9.08. The number of anilines is 1. The van der Waals surface area contributed by atoms with Crippen molar-refractivity contribution < 1.29 is 19.1 Å². The zero-order valence-electron chi connectivity index (χ0n) is 15.6. The summed E-state index contributed by atoms with van der Waals surface area (Å²) < 4.78 is 10.7. The van der Waals surface area contributed by atoms with Gasteiger partial charge in [-0.3, -0.25) is 9.59 Å². The van der Waals surface area contributed by atoms with Crippen LogP contribution in [0.5, 0.6) is 11.5 Å². The molecular weight excluding hydrogens is 344 g/mol. The molecule has 1 aliphatic rings. The Morgan fingerprint density at radius 2 is 1.56 bits per heavy atom. The summed E-state index contributed by atoms with van der Waals surface area (Å²) in [5, 5.41) is 2.81. The van der Waals surface area contributed by atoms with Crippen molar-refractivity contribution in [3.63, 3.8) is 0 Å². The van der Waals surface area contributed by atoms with E-state index in [0.717, 1.165) is 31.7 Å². The van der Waals surface area contributed by atoms with E-state index >= 15 is 0 Å². The van der Waals surface area contributed by atoms with E-state index in [0.29, 0.717) is 17.0 Å². The smallest absolute Gasteiger partial charge is 0.265 e. The van der Waals surface area contributed by atoms with Gasteiger partial charge in [-0.15, -0.1) is 0 Å². The molecule has 0 spiro atoms. The molecule has 1 heterocycles. The summed E-state index contributed by atoms with van der Waals surface area (Å²) >= 11 is 0. The molecule has 27 heavy (non-hydrogen) atoms. The maximum atomic E-state index is 12.3. The molecule has 1 unspecified atom stereocenters. The number of hydrogen-bond donors (Lipinski definition) is 1. The van der Waals surface area contributed by atoms with E-state index in [1.54, 1.807) is 62.6 Å². The van der Waals surface area contributed by atoms with E-state index in [1.165, 1.54) is 0 Å². The third-order valence-electron chi connectivity index (χ3n) is 4.53. The first-order valence-corrected chi connectivity index (χ1v) is 9.08. The predicted octanol–water partition coefficient (Wildman–Crippen LogP) is 3.34. The zero-order chi connectivity index (χ0) is 19.2. The van der Waals surface area contributed by atoms with Gasteiger partial charge in [0.15, 0.2) is 6.10 Å². The van der Waals surface area contributed by atoms with Crippen LogP contribution < -0.4 is 14.8 Å². The fourth-order valence-corrected chi connectivity index (χ4v) is 2.95. The molecule has 1 atom stereocenters. The second-order valence-corrected chi connectivity index (χ2v) is 6.50. The molecule has 6 nitrogen and oxygen atoms in total. The number of nitrogens with one attached hydrogen (secondary N) is 1. The Kier molecular flexibility index (Phi) is 5.96. The molecule has 1 fully saturated rings. The summed E-state index contributed by atoms with van der Waals surface area (Å²) in [5.41, 5.74) is 1.26. The highest BCUT2D eigenvalue weighted by Crippen LogP contribution is 2.19. The Morgan fingerprint density at radius 3 is 2.15 bits per heavy atom. The normalized spacial score (nSPS) is 14.5. The molecule has 1 saturated heterocycles. The van der Waals surface area contributed by atoms with Crippen LogP contribution >= 0.6 is 0 Å². The van der Waals surface area contributed by atoms with Crippen LogP contribution in [0.4, 0.5) is 5.69 Å². The minimum absolute atomic E-state index is 0.0431. The maximum Gasteiger partial charge on any atom is 0.265 e. The Bertz CT molecular complexity index is 781. The van der Waals surface area contributed by atoms with Crippen LogP contribution in [-0.2, 0) is 4.79 Å². The molecule has 6 heteroatoms. The molecule has 0 bridgehead atoms. The van der Waals surface area contributed by atoms with Crippen LogP contribution in [0.25, 0.3) is 0 Å². The molecule has 3 rings (SSSR count). The number of hydrogen-bond acceptors (Lipinski definition) is 4. The van der Waals surface area contributed by atoms with Gasteiger partial charge in [0, 0.05) is 24.3 Å². The fraction of sp³-hybridized carbons (Fsp3) is 0.333. The third kappa shape index (κ3) is 4.78. The summed E-state index contributed by atoms with van der Waals surface area (Å²) in [6.07, 6.45) is 1.46. The molecule has 0 aromatic heterocycles. The molecule has 0 aliphatic carbocycles. The molecule has 1 N–H and O–H groups in total. The second kappa shape index (κ2) is 8.58. The van der Waals surface area contributed by atoms with Gasteiger partial charge < -0.3 is 19.7 Å². The highest BCUT2D eigenvalue weighted by atomic mass is 16.5. The van der Waals surface area contributed by atoms with Crippen molar-refractivity contribution in [3.05, 3.63) is 54.1 Å². The Morgan fingerprint density at radius 1 is 0.963 bits per heavy atom. The molecule has 2 aromatic rings. The lowest BCUT2D eigenvalue weighted by Gasteiger charge is -2.16. The third-order valence-corrected chi connectivity index (χ3v) is 4.53. The number of ether oxygens (including phenoxy) is 2. The predicted molar refractivity (Wildman–Crippen MR) is 103 cm³/mol. The van der Waals surface area contributed by atoms with Gasteiger partial charge in [-0.05, 0) is 68.3 Å². The van der Waals surface area contributed by atoms with E-state index in [4.69, 9.17) is 9.47 Å². The van der Waals surface area contributed by atoms with E-state index in [1.807, 2.05) is 4.90 Å². The van der Waals surface area contributed by atoms with E-state index < -0.39 is 6.10 Å². The summed E-state index contributed by atoms with van der Waals surface area (Å²) in [6, 6.07) is 14.0. The van der Waals surface area contributed by atoms with Gasteiger partial charge in [0.2, 0.25) is 0 Å². The SMILES string of the molecule is COc1ccc(OC(C)C(=O)Nc2ccc(C(=O)N3CCCC3)cc2)cc1. The van der Waals surface area contributed by atoms with Gasteiger partial charge in [-0.25, -0.2) is 0 Å². The average Bonchev–Trinajstić information content (AvgIpc) is 3.23. The second-order valence-electron chi connectivity index (χ2n) is 6.50. The number of rotatable bonds is 6. The average molecular weight is 368 g/mol. The monoisotopic (exact) mass is 368 g/mol. The summed E-state index contributed by atoms with van der Waals surface area (Å²) in [7, 11) is 1.59. The van der Waals surface area contributed by atoms with Crippen molar-refractivity contribution in [1.29, 1.82) is 0 Å². The Labute approximate surface area is 159 Å². The summed E-state index contributed by atoms with van der Waals surface area (Å²) in [5.74, 6) is 1.10. The number of carbonyl (C=O) groups is 2. The fourth-order valence-electron chi connectivity index (χ4n) is 2.95. The number of amides is 2. The topological polar surface area (TPSA) is 67.9 Å². The largest absolute Gasteiger partial charge is 0.497 e. The quantitative estimate of drug-likeness (QED) is 0.849. The number of methoxy groups -OCH3 is 1. The Balaban J connectivity index is 1.55. The number of likely N-dealkylation sites (tertiary alicyclic amines) is 1. The number of carbonyl (C=O) groups excluding carboxylic acids is 2. The summed E-state index contributed by atoms with van der Waals surface area (Å²) in [6.45, 7) is 3.32. The van der Waals surface area contributed by atoms with Gasteiger partial charge in [-0.2, -0.15) is 0 Å². The van der Waals surface area contributed by atoms with Gasteiger partial charge in [0.25, 0.3) is 11.8 Å². The van der Waals surface area contributed by atoms with Crippen LogP contribution in [0, 0.1) is 0 Å². The van der Waals surface area contributed by atoms with Crippen LogP contribution in [0.3, 0.4) is 0 Å². The van der Waals surface area contributed by atoms with Gasteiger partial charge in [0.05, 0.1) is 7.11 Å². The minimum atomic E-state index is -0.663. The van der Waals surface area contributed by atoms with Crippen molar-refractivity contribution in [3.8, 4) is 11.5 Å². The van der Waals surface area contributed by atoms with Gasteiger partial charge in [0.1, 0.15) is 11.5 Å². The molecule has 142 valence electrons. The molecule has 1 aliphatic heterocycles. The molecule has 2 aromatic carbocycles. The Hall–Kier alpha value is -3.02. The first-order chi connectivity index (χ1) is 13.1. The van der Waals surface area contributed by atoms with Crippen molar-refractivity contribution in [2.24, 2.45) is 0 Å². The highest BCUT2D eigenvalue weighted by molar-refractivity contribution is 5.97. The lowest BCUT2D eigenvalue weighted by molar-refractivity contribution is -0.122. The van der Waals surface area contributed by atoms with Crippen LogP contribution in [-0.4, -0.2) is 43.0 Å². The van der Waals surface area contributed by atoms with Crippen LogP contribution in [0.15, 0.2) is 48.5 Å². The van der Waals surface area contributed by atoms with Crippen molar-refractivity contribution in [2.45, 2.75) is 25.9 Å². The van der Waals surface area contributed by atoms with Gasteiger partial charge in [-0.1, -0.05) is 0 Å². The molecule has 0 radical (unpaired) electrons. The van der Waals surface area contributed by atoms with Crippen molar-refractivity contribution >= 4 is 17.5 Å². The van der Waals surface area contributed by atoms with E-state index in [2.05, 4.69) is 5.32 Å². The number of benzene rings is 2. The van der Waals surface area contributed by atoms with Crippen LogP contribution in [0.1, 0.15) is 30.1 Å². The lowest BCUT2D eigenvalue weighted by Crippen LogP contribution is -2.30. The standard InChI is InChI=1S/C21H24N2O4/c1-15(27-19-11-9-18(26-2)10-12-19)20(24)22-17-7-5-16(6-8-17)21(25)23-13-3-4-14-23/h5-12,15H,3-4,13-14H2,1-2H3,(H,22,24).